The largest absolute Gasteiger partial charge is 0.441 e. The number of oxazole rings is 1. The Balaban J connectivity index is 1.36. The van der Waals surface area contributed by atoms with Crippen molar-refractivity contribution in [2.75, 3.05) is 5.32 Å². The molecule has 154 valence electrons. The molecule has 30 heavy (non-hydrogen) atoms. The summed E-state index contributed by atoms with van der Waals surface area (Å²) >= 11 is 14.6. The Kier molecular flexibility index (Phi) is 6.14. The molecule has 0 fully saturated rings. The molecule has 4 aromatic rings. The van der Waals surface area contributed by atoms with E-state index in [2.05, 4.69) is 15.3 Å². The fraction of sp³-hybridized carbons (Fsp3) is 0.105. The van der Waals surface area contributed by atoms with Gasteiger partial charge in [0.25, 0.3) is 0 Å². The van der Waals surface area contributed by atoms with E-state index in [9.17, 15) is 13.6 Å². The van der Waals surface area contributed by atoms with E-state index in [1.54, 1.807) is 11.4 Å². The van der Waals surface area contributed by atoms with E-state index in [0.717, 1.165) is 12.1 Å². The number of carbonyl (C=O) groups is 1. The van der Waals surface area contributed by atoms with Crippen molar-refractivity contribution in [3.05, 3.63) is 62.0 Å². The third kappa shape index (κ3) is 4.70. The van der Waals surface area contributed by atoms with Gasteiger partial charge < -0.3 is 9.73 Å². The summed E-state index contributed by atoms with van der Waals surface area (Å²) in [7, 11) is 0. The van der Waals surface area contributed by atoms with Crippen molar-refractivity contribution in [1.82, 2.24) is 9.97 Å². The van der Waals surface area contributed by atoms with E-state index < -0.39 is 11.6 Å². The number of hydrogen-bond donors (Lipinski definition) is 1. The Hall–Kier alpha value is -2.33. The van der Waals surface area contributed by atoms with Gasteiger partial charge in [-0.2, -0.15) is 0 Å². The number of rotatable bonds is 6. The van der Waals surface area contributed by atoms with Crippen LogP contribution in [0, 0.1) is 11.6 Å². The molecule has 3 heterocycles. The fourth-order valence-corrected chi connectivity index (χ4v) is 4.82. The van der Waals surface area contributed by atoms with E-state index in [0.29, 0.717) is 25.1 Å². The maximum atomic E-state index is 13.8. The molecule has 5 nitrogen and oxygen atoms in total. The predicted molar refractivity (Wildman–Crippen MR) is 114 cm³/mol. The van der Waals surface area contributed by atoms with Gasteiger partial charge in [0, 0.05) is 29.9 Å². The topological polar surface area (TPSA) is 68.0 Å². The van der Waals surface area contributed by atoms with Gasteiger partial charge in [0.15, 0.2) is 16.8 Å². The van der Waals surface area contributed by atoms with Gasteiger partial charge in [-0.1, -0.05) is 23.2 Å². The molecule has 0 unspecified atom stereocenters. The van der Waals surface area contributed by atoms with Crippen molar-refractivity contribution in [2.24, 2.45) is 0 Å². The first kappa shape index (κ1) is 20.9. The molecule has 0 aliphatic carbocycles. The number of carbonyl (C=O) groups excluding carboxylic acids is 1. The number of thiophene rings is 1. The van der Waals surface area contributed by atoms with E-state index in [4.69, 9.17) is 27.6 Å². The molecule has 0 atom stereocenters. The Bertz CT molecular complexity index is 1220. The van der Waals surface area contributed by atoms with Crippen LogP contribution in [0.5, 0.6) is 0 Å². The van der Waals surface area contributed by atoms with Crippen LogP contribution in [0.3, 0.4) is 0 Å². The summed E-state index contributed by atoms with van der Waals surface area (Å²) in [4.78, 5) is 20.6. The number of benzene rings is 1. The quantitative estimate of drug-likeness (QED) is 0.330. The number of nitrogens with zero attached hydrogens (tertiary/aromatic N) is 2. The summed E-state index contributed by atoms with van der Waals surface area (Å²) < 4.78 is 33.4. The Morgan fingerprint density at radius 2 is 2.03 bits per heavy atom. The van der Waals surface area contributed by atoms with Crippen molar-refractivity contribution >= 4 is 56.9 Å². The summed E-state index contributed by atoms with van der Waals surface area (Å²) in [6.07, 6.45) is 1.64. The summed E-state index contributed by atoms with van der Waals surface area (Å²) in [5, 5.41) is 4.91. The molecule has 0 bridgehead atoms. The van der Waals surface area contributed by atoms with Crippen LogP contribution >= 0.6 is 45.9 Å². The van der Waals surface area contributed by atoms with Crippen molar-refractivity contribution in [3.8, 4) is 22.6 Å². The van der Waals surface area contributed by atoms with Gasteiger partial charge in [0.1, 0.15) is 16.0 Å². The minimum atomic E-state index is -0.748. The molecule has 0 saturated heterocycles. The van der Waals surface area contributed by atoms with E-state index in [1.807, 2.05) is 0 Å². The SMILES string of the molecule is O=C(CCc1ncc(-c2ccc(F)cc2F)o1)Nc1nc(-c2cc(Cl)sc2Cl)cs1. The molecular formula is C19H11Cl2F2N3O2S2. The van der Waals surface area contributed by atoms with Gasteiger partial charge >= 0.3 is 0 Å². The monoisotopic (exact) mass is 485 g/mol. The van der Waals surface area contributed by atoms with Crippen LogP contribution in [-0.2, 0) is 11.2 Å². The highest BCUT2D eigenvalue weighted by Crippen LogP contribution is 2.39. The molecule has 0 radical (unpaired) electrons. The van der Waals surface area contributed by atoms with Crippen LogP contribution in [0.1, 0.15) is 12.3 Å². The molecule has 1 amide bonds. The third-order valence-corrected chi connectivity index (χ3v) is 6.24. The van der Waals surface area contributed by atoms with Crippen LogP contribution in [-0.4, -0.2) is 15.9 Å². The maximum absolute atomic E-state index is 13.8. The molecule has 0 aliphatic rings. The van der Waals surface area contributed by atoms with E-state index in [-0.39, 0.29) is 36.0 Å². The first-order chi connectivity index (χ1) is 14.4. The van der Waals surface area contributed by atoms with Gasteiger partial charge in [-0.05, 0) is 18.2 Å². The summed E-state index contributed by atoms with van der Waals surface area (Å²) in [5.74, 6) is -1.27. The predicted octanol–water partition coefficient (Wildman–Crippen LogP) is 6.68. The Morgan fingerprint density at radius 1 is 1.20 bits per heavy atom. The normalized spacial score (nSPS) is 11.1. The zero-order chi connectivity index (χ0) is 21.3. The summed E-state index contributed by atoms with van der Waals surface area (Å²) in [6, 6.07) is 4.89. The summed E-state index contributed by atoms with van der Waals surface area (Å²) in [5.41, 5.74) is 1.44. The second-order valence-electron chi connectivity index (χ2n) is 6.07. The van der Waals surface area contributed by atoms with Gasteiger partial charge in [-0.25, -0.2) is 18.7 Å². The molecule has 3 aromatic heterocycles. The highest BCUT2D eigenvalue weighted by Gasteiger charge is 2.15. The Labute approximate surface area is 187 Å². The van der Waals surface area contributed by atoms with Crippen molar-refractivity contribution < 1.29 is 18.0 Å². The lowest BCUT2D eigenvalue weighted by molar-refractivity contribution is -0.116. The number of thiazole rings is 1. The summed E-state index contributed by atoms with van der Waals surface area (Å²) in [6.45, 7) is 0. The highest BCUT2D eigenvalue weighted by molar-refractivity contribution is 7.20. The molecular weight excluding hydrogens is 475 g/mol. The van der Waals surface area contributed by atoms with Crippen LogP contribution in [0.2, 0.25) is 8.67 Å². The van der Waals surface area contributed by atoms with Gasteiger partial charge in [-0.3, -0.25) is 4.79 Å². The van der Waals surface area contributed by atoms with Crippen LogP contribution < -0.4 is 5.32 Å². The average Bonchev–Trinajstić information content (AvgIpc) is 3.40. The lowest BCUT2D eigenvalue weighted by Crippen LogP contribution is -2.12. The number of aryl methyl sites for hydroxylation is 1. The lowest BCUT2D eigenvalue weighted by atomic mass is 10.2. The van der Waals surface area contributed by atoms with Gasteiger partial charge in [-0.15, -0.1) is 22.7 Å². The molecule has 11 heteroatoms. The van der Waals surface area contributed by atoms with Gasteiger partial charge in [0.2, 0.25) is 5.91 Å². The van der Waals surface area contributed by atoms with Crippen molar-refractivity contribution in [1.29, 1.82) is 0 Å². The zero-order valence-corrected chi connectivity index (χ0v) is 18.1. The zero-order valence-electron chi connectivity index (χ0n) is 14.9. The minimum Gasteiger partial charge on any atom is -0.441 e. The van der Waals surface area contributed by atoms with Crippen LogP contribution in [0.25, 0.3) is 22.6 Å². The Morgan fingerprint density at radius 3 is 2.77 bits per heavy atom. The smallest absolute Gasteiger partial charge is 0.226 e. The standard InChI is InChI=1S/C19H11Cl2F2N3O2S2/c20-15-6-11(18(21)30-15)13-8-29-19(25-13)26-16(27)3-4-17-24-7-14(28-17)10-2-1-9(22)5-12(10)23/h1-2,5-8H,3-4H2,(H,25,26,27). The van der Waals surface area contributed by atoms with Crippen LogP contribution in [0.15, 0.2) is 40.3 Å². The number of amides is 1. The maximum Gasteiger partial charge on any atom is 0.226 e. The molecule has 0 spiro atoms. The second-order valence-corrected chi connectivity index (χ2v) is 9.21. The highest BCUT2D eigenvalue weighted by atomic mass is 35.5. The van der Waals surface area contributed by atoms with Gasteiger partial charge in [0.05, 0.1) is 21.8 Å². The number of aromatic nitrogens is 2. The third-order valence-electron chi connectivity index (χ3n) is 4.00. The molecule has 0 aliphatic heterocycles. The minimum absolute atomic E-state index is 0.0891. The molecule has 0 saturated carbocycles. The first-order valence-corrected chi connectivity index (χ1v) is 10.9. The number of nitrogens with one attached hydrogen (secondary N) is 1. The first-order valence-electron chi connectivity index (χ1n) is 8.50. The lowest BCUT2D eigenvalue weighted by Gasteiger charge is -2.00. The number of halogens is 4. The van der Waals surface area contributed by atoms with E-state index >= 15 is 0 Å². The average molecular weight is 486 g/mol. The van der Waals surface area contributed by atoms with Crippen LogP contribution in [0.4, 0.5) is 13.9 Å². The number of hydrogen-bond acceptors (Lipinski definition) is 6. The molecule has 4 rings (SSSR count). The van der Waals surface area contributed by atoms with Crippen molar-refractivity contribution in [2.45, 2.75) is 12.8 Å². The van der Waals surface area contributed by atoms with E-state index in [1.165, 1.54) is 34.9 Å². The molecule has 1 N–H and O–H groups in total. The molecule has 1 aromatic carbocycles. The van der Waals surface area contributed by atoms with Crippen molar-refractivity contribution in [3.63, 3.8) is 0 Å². The number of anilines is 1. The second kappa shape index (κ2) is 8.81. The fourth-order valence-electron chi connectivity index (χ4n) is 2.61.